The number of alkyl halides is 1. The van der Waals surface area contributed by atoms with E-state index < -0.39 is 5.67 Å². The van der Waals surface area contributed by atoms with E-state index in [0.29, 0.717) is 5.56 Å². The second kappa shape index (κ2) is 3.87. The number of nitrogens with two attached hydrogens (primary N) is 1. The summed E-state index contributed by atoms with van der Waals surface area (Å²) in [5.74, 6) is 0. The first-order chi connectivity index (χ1) is 6.10. The monoisotopic (exact) mass is 185 g/mol. The number of aromatic nitrogens is 2. The summed E-state index contributed by atoms with van der Waals surface area (Å²) in [5.41, 5.74) is 4.42. The first-order valence-electron chi connectivity index (χ1n) is 4.52. The first-order valence-corrected chi connectivity index (χ1v) is 4.52. The molecule has 1 unspecified atom stereocenters. The van der Waals surface area contributed by atoms with Crippen LogP contribution in [0.3, 0.4) is 0 Å². The minimum atomic E-state index is -1.45. The van der Waals surface area contributed by atoms with Crippen LogP contribution in [0, 0.1) is 0 Å². The molecule has 0 aliphatic heterocycles. The number of nitrogens with zero attached hydrogens (tertiary/aromatic N) is 2. The van der Waals surface area contributed by atoms with Gasteiger partial charge in [-0.05, 0) is 13.3 Å². The average molecular weight is 185 g/mol. The van der Waals surface area contributed by atoms with Crippen LogP contribution in [0.5, 0.6) is 0 Å². The molecule has 0 aliphatic carbocycles. The van der Waals surface area contributed by atoms with Gasteiger partial charge in [0.15, 0.2) is 0 Å². The highest BCUT2D eigenvalue weighted by atomic mass is 19.1. The summed E-state index contributed by atoms with van der Waals surface area (Å²) < 4.78 is 15.4. The molecule has 4 heteroatoms. The Bertz CT molecular complexity index is 268. The predicted octanol–water partition coefficient (Wildman–Crippen LogP) is 1.44. The molecule has 1 aromatic heterocycles. The van der Waals surface area contributed by atoms with Gasteiger partial charge in [-0.3, -0.25) is 4.68 Å². The van der Waals surface area contributed by atoms with Crippen molar-refractivity contribution >= 4 is 0 Å². The number of hydrogen-bond acceptors (Lipinski definition) is 2. The molecule has 0 spiro atoms. The van der Waals surface area contributed by atoms with Crippen molar-refractivity contribution in [3.05, 3.63) is 18.0 Å². The van der Waals surface area contributed by atoms with Crippen LogP contribution < -0.4 is 5.73 Å². The molecule has 0 bridgehead atoms. The van der Waals surface area contributed by atoms with E-state index in [2.05, 4.69) is 12.0 Å². The molecule has 0 aliphatic rings. The summed E-state index contributed by atoms with van der Waals surface area (Å²) in [6, 6.07) is 0. The van der Waals surface area contributed by atoms with Crippen LogP contribution in [0.15, 0.2) is 12.4 Å². The van der Waals surface area contributed by atoms with Gasteiger partial charge in [0.1, 0.15) is 5.67 Å². The molecule has 0 radical (unpaired) electrons. The molecule has 0 amide bonds. The van der Waals surface area contributed by atoms with Crippen molar-refractivity contribution < 1.29 is 4.39 Å². The number of hydrogen-bond donors (Lipinski definition) is 1. The summed E-state index contributed by atoms with van der Waals surface area (Å²) in [4.78, 5) is 0. The van der Waals surface area contributed by atoms with Gasteiger partial charge in [-0.2, -0.15) is 5.10 Å². The van der Waals surface area contributed by atoms with E-state index in [1.54, 1.807) is 17.1 Å². The zero-order chi connectivity index (χ0) is 9.90. The van der Waals surface area contributed by atoms with Crippen LogP contribution in [0.2, 0.25) is 0 Å². The molecule has 1 rings (SSSR count). The summed E-state index contributed by atoms with van der Waals surface area (Å²) in [5, 5.41) is 4.04. The Morgan fingerprint density at radius 3 is 2.92 bits per heavy atom. The lowest BCUT2D eigenvalue weighted by atomic mass is 10.0. The van der Waals surface area contributed by atoms with Crippen LogP contribution in [0.1, 0.15) is 25.8 Å². The van der Waals surface area contributed by atoms with Crippen molar-refractivity contribution in [3.8, 4) is 0 Å². The summed E-state index contributed by atoms with van der Waals surface area (Å²) in [6.07, 6.45) is 4.26. The fourth-order valence-electron chi connectivity index (χ4n) is 1.10. The van der Waals surface area contributed by atoms with Gasteiger partial charge in [-0.1, -0.05) is 6.92 Å². The van der Waals surface area contributed by atoms with Crippen molar-refractivity contribution in [2.24, 2.45) is 5.73 Å². The number of rotatable bonds is 4. The number of aryl methyl sites for hydroxylation is 1. The fraction of sp³-hybridized carbons (Fsp3) is 0.667. The van der Waals surface area contributed by atoms with Gasteiger partial charge in [-0.25, -0.2) is 4.39 Å². The van der Waals surface area contributed by atoms with E-state index in [9.17, 15) is 4.39 Å². The Hall–Kier alpha value is -0.900. The molecule has 0 saturated heterocycles. The Balaban J connectivity index is 2.79. The van der Waals surface area contributed by atoms with E-state index in [1.165, 1.54) is 6.92 Å². The van der Waals surface area contributed by atoms with Gasteiger partial charge < -0.3 is 5.73 Å². The van der Waals surface area contributed by atoms with Crippen molar-refractivity contribution in [1.29, 1.82) is 0 Å². The SMILES string of the molecule is CCCn1cc(C(C)(F)CN)cn1. The van der Waals surface area contributed by atoms with Crippen molar-refractivity contribution in [2.45, 2.75) is 32.5 Å². The Labute approximate surface area is 77.7 Å². The van der Waals surface area contributed by atoms with Crippen LogP contribution in [0.25, 0.3) is 0 Å². The standard InChI is InChI=1S/C9H16FN3/c1-3-4-13-6-8(5-12-13)9(2,10)7-11/h5-6H,3-4,7,11H2,1-2H3. The fourth-order valence-corrected chi connectivity index (χ4v) is 1.10. The lowest BCUT2D eigenvalue weighted by molar-refractivity contribution is 0.203. The van der Waals surface area contributed by atoms with E-state index >= 15 is 0 Å². The highest BCUT2D eigenvalue weighted by molar-refractivity contribution is 5.14. The molecule has 1 aromatic rings. The topological polar surface area (TPSA) is 43.8 Å². The summed E-state index contributed by atoms with van der Waals surface area (Å²) >= 11 is 0. The second-order valence-electron chi connectivity index (χ2n) is 3.39. The molecule has 1 heterocycles. The van der Waals surface area contributed by atoms with E-state index in [-0.39, 0.29) is 6.54 Å². The molecule has 13 heavy (non-hydrogen) atoms. The lowest BCUT2D eigenvalue weighted by Gasteiger charge is -2.14. The quantitative estimate of drug-likeness (QED) is 0.771. The van der Waals surface area contributed by atoms with E-state index in [0.717, 1.165) is 13.0 Å². The molecular weight excluding hydrogens is 169 g/mol. The maximum atomic E-state index is 13.6. The summed E-state index contributed by atoms with van der Waals surface area (Å²) in [7, 11) is 0. The molecule has 3 nitrogen and oxygen atoms in total. The van der Waals surface area contributed by atoms with E-state index in [4.69, 9.17) is 5.73 Å². The molecule has 0 aromatic carbocycles. The molecule has 74 valence electrons. The van der Waals surface area contributed by atoms with Gasteiger partial charge in [0.25, 0.3) is 0 Å². The van der Waals surface area contributed by atoms with Gasteiger partial charge in [-0.15, -0.1) is 0 Å². The Morgan fingerprint density at radius 2 is 2.38 bits per heavy atom. The molecular formula is C9H16FN3. The van der Waals surface area contributed by atoms with Crippen LogP contribution in [-0.4, -0.2) is 16.3 Å². The van der Waals surface area contributed by atoms with Gasteiger partial charge in [0.2, 0.25) is 0 Å². The van der Waals surface area contributed by atoms with Crippen LogP contribution >= 0.6 is 0 Å². The zero-order valence-corrected chi connectivity index (χ0v) is 8.13. The van der Waals surface area contributed by atoms with E-state index in [1.807, 2.05) is 0 Å². The number of halogens is 1. The normalized spacial score (nSPS) is 15.7. The summed E-state index contributed by atoms with van der Waals surface area (Å²) in [6.45, 7) is 4.34. The third-order valence-electron chi connectivity index (χ3n) is 2.07. The second-order valence-corrected chi connectivity index (χ2v) is 3.39. The lowest BCUT2D eigenvalue weighted by Crippen LogP contribution is -2.26. The van der Waals surface area contributed by atoms with Gasteiger partial charge in [0.05, 0.1) is 6.20 Å². The van der Waals surface area contributed by atoms with Gasteiger partial charge in [0, 0.05) is 24.8 Å². The Morgan fingerprint density at radius 1 is 1.69 bits per heavy atom. The molecule has 1 atom stereocenters. The average Bonchev–Trinajstić information content (AvgIpc) is 2.54. The van der Waals surface area contributed by atoms with Crippen molar-refractivity contribution in [3.63, 3.8) is 0 Å². The Kier molecular flexibility index (Phi) is 3.03. The van der Waals surface area contributed by atoms with Gasteiger partial charge >= 0.3 is 0 Å². The third-order valence-corrected chi connectivity index (χ3v) is 2.07. The maximum absolute atomic E-state index is 13.6. The smallest absolute Gasteiger partial charge is 0.148 e. The van der Waals surface area contributed by atoms with Crippen LogP contribution in [0.4, 0.5) is 4.39 Å². The third kappa shape index (κ3) is 2.28. The van der Waals surface area contributed by atoms with Crippen LogP contribution in [-0.2, 0) is 12.2 Å². The minimum Gasteiger partial charge on any atom is -0.327 e. The zero-order valence-electron chi connectivity index (χ0n) is 8.13. The van der Waals surface area contributed by atoms with Crippen molar-refractivity contribution in [1.82, 2.24) is 9.78 Å². The largest absolute Gasteiger partial charge is 0.327 e. The predicted molar refractivity (Wildman–Crippen MR) is 50.0 cm³/mol. The first kappa shape index (κ1) is 10.2. The molecule has 0 saturated carbocycles. The highest BCUT2D eigenvalue weighted by Crippen LogP contribution is 2.23. The molecule has 2 N–H and O–H groups in total. The maximum Gasteiger partial charge on any atom is 0.148 e. The highest BCUT2D eigenvalue weighted by Gasteiger charge is 2.25. The minimum absolute atomic E-state index is 0.00911. The molecule has 0 fully saturated rings. The van der Waals surface area contributed by atoms with Crippen molar-refractivity contribution in [2.75, 3.05) is 6.54 Å².